The first-order chi connectivity index (χ1) is 12.2. The summed E-state index contributed by atoms with van der Waals surface area (Å²) in [5.41, 5.74) is 0.302. The number of aliphatic hydroxyl groups is 1. The molecule has 0 bridgehead atoms. The fourth-order valence-electron chi connectivity index (χ4n) is 3.11. The zero-order valence-corrected chi connectivity index (χ0v) is 15.5. The number of ether oxygens (including phenoxy) is 1. The lowest BCUT2D eigenvalue weighted by Crippen LogP contribution is -2.53. The Bertz CT molecular complexity index is 878. The number of Topliss-reactive ketones (excluding diaryl/α,β-unsaturated/α-hetero) is 1. The van der Waals surface area contributed by atoms with Gasteiger partial charge in [0, 0.05) is 5.56 Å². The predicted octanol–water partition coefficient (Wildman–Crippen LogP) is 3.55. The number of rotatable bonds is 3. The first kappa shape index (κ1) is 18.4. The third-order valence-corrected chi connectivity index (χ3v) is 4.89. The highest BCUT2D eigenvalue weighted by atomic mass is 35.5. The van der Waals surface area contributed by atoms with Gasteiger partial charge in [-0.1, -0.05) is 35.9 Å². The molecule has 136 valence electrons. The molecular weight excluding hydrogens is 354 g/mol. The van der Waals surface area contributed by atoms with Gasteiger partial charge < -0.3 is 15.2 Å². The van der Waals surface area contributed by atoms with E-state index in [0.717, 1.165) is 0 Å². The summed E-state index contributed by atoms with van der Waals surface area (Å²) in [5.74, 6) is -0.165. The zero-order valence-electron chi connectivity index (χ0n) is 14.7. The van der Waals surface area contributed by atoms with Crippen LogP contribution in [0.4, 0.5) is 0 Å². The molecule has 1 aliphatic rings. The van der Waals surface area contributed by atoms with Crippen molar-refractivity contribution in [2.45, 2.75) is 38.5 Å². The monoisotopic (exact) mass is 373 g/mol. The van der Waals surface area contributed by atoms with E-state index in [0.29, 0.717) is 27.5 Å². The number of aliphatic hydroxyl groups excluding tert-OH is 1. The number of halogens is 1. The van der Waals surface area contributed by atoms with E-state index in [-0.39, 0.29) is 5.78 Å². The summed E-state index contributed by atoms with van der Waals surface area (Å²) in [6.07, 6.45) is -1.01. The third kappa shape index (κ3) is 3.20. The molecule has 6 heteroatoms. The van der Waals surface area contributed by atoms with Gasteiger partial charge in [-0.25, -0.2) is 0 Å². The molecule has 1 aliphatic heterocycles. The summed E-state index contributed by atoms with van der Waals surface area (Å²) in [7, 11) is 0. The number of hydrogen-bond acceptors (Lipinski definition) is 4. The second-order valence-electron chi connectivity index (χ2n) is 6.86. The molecular formula is C20H20ClNO4. The van der Waals surface area contributed by atoms with E-state index in [9.17, 15) is 14.7 Å². The van der Waals surface area contributed by atoms with E-state index in [2.05, 4.69) is 5.32 Å². The minimum atomic E-state index is -1.01. The average molecular weight is 374 g/mol. The maximum atomic E-state index is 12.7. The minimum Gasteiger partial charge on any atom is -0.484 e. The fourth-order valence-corrected chi connectivity index (χ4v) is 3.33. The molecule has 2 aromatic carbocycles. The molecule has 1 amide bonds. The molecule has 1 heterocycles. The number of nitrogens with one attached hydrogen (secondary N) is 1. The zero-order chi connectivity index (χ0) is 19.1. The van der Waals surface area contributed by atoms with Gasteiger partial charge in [-0.15, -0.1) is 0 Å². The summed E-state index contributed by atoms with van der Waals surface area (Å²) in [5, 5.41) is 13.9. The van der Waals surface area contributed by atoms with Gasteiger partial charge in [0.05, 0.1) is 22.2 Å². The lowest BCUT2D eigenvalue weighted by atomic mass is 9.85. The van der Waals surface area contributed by atoms with E-state index in [1.165, 1.54) is 6.92 Å². The first-order valence-electron chi connectivity index (χ1n) is 8.28. The van der Waals surface area contributed by atoms with Gasteiger partial charge in [0.1, 0.15) is 17.5 Å². The molecule has 0 unspecified atom stereocenters. The molecule has 0 radical (unpaired) electrons. The van der Waals surface area contributed by atoms with Gasteiger partial charge in [-0.3, -0.25) is 9.59 Å². The molecule has 3 rings (SSSR count). The molecule has 5 nitrogen and oxygen atoms in total. The van der Waals surface area contributed by atoms with Crippen molar-refractivity contribution in [1.29, 1.82) is 0 Å². The Balaban J connectivity index is 2.04. The molecule has 0 aliphatic carbocycles. The number of para-hydroxylation sites is 1. The molecule has 2 atom stereocenters. The quantitative estimate of drug-likeness (QED) is 0.807. The van der Waals surface area contributed by atoms with Crippen LogP contribution in [0.15, 0.2) is 42.5 Å². The van der Waals surface area contributed by atoms with Crippen molar-refractivity contribution in [3.63, 3.8) is 0 Å². The average Bonchev–Trinajstić information content (AvgIpc) is 2.58. The molecule has 0 fully saturated rings. The van der Waals surface area contributed by atoms with Gasteiger partial charge in [0.2, 0.25) is 0 Å². The normalized spacial score (nSPS) is 20.7. The predicted molar refractivity (Wildman–Crippen MR) is 98.8 cm³/mol. The molecule has 2 N–H and O–H groups in total. The smallest absolute Gasteiger partial charge is 0.253 e. The van der Waals surface area contributed by atoms with Crippen LogP contribution in [0.25, 0.3) is 0 Å². The van der Waals surface area contributed by atoms with Crippen molar-refractivity contribution in [2.75, 3.05) is 0 Å². The number of ketones is 1. The largest absolute Gasteiger partial charge is 0.484 e. The van der Waals surface area contributed by atoms with Crippen LogP contribution in [0.3, 0.4) is 0 Å². The van der Waals surface area contributed by atoms with Crippen LogP contribution in [0.1, 0.15) is 53.1 Å². The summed E-state index contributed by atoms with van der Waals surface area (Å²) in [6.45, 7) is 4.88. The Morgan fingerprint density at radius 1 is 1.12 bits per heavy atom. The van der Waals surface area contributed by atoms with Gasteiger partial charge in [0.15, 0.2) is 5.78 Å². The van der Waals surface area contributed by atoms with E-state index < -0.39 is 23.7 Å². The van der Waals surface area contributed by atoms with E-state index >= 15 is 0 Å². The Kier molecular flexibility index (Phi) is 4.78. The van der Waals surface area contributed by atoms with Crippen LogP contribution in [0.5, 0.6) is 5.75 Å². The highest BCUT2D eigenvalue weighted by Gasteiger charge is 2.44. The number of carbonyl (C=O) groups is 2. The first-order valence-corrected chi connectivity index (χ1v) is 8.66. The van der Waals surface area contributed by atoms with Gasteiger partial charge in [-0.2, -0.15) is 0 Å². The summed E-state index contributed by atoms with van der Waals surface area (Å²) < 4.78 is 5.92. The third-order valence-electron chi connectivity index (χ3n) is 4.56. The molecule has 0 saturated carbocycles. The van der Waals surface area contributed by atoms with Crippen molar-refractivity contribution < 1.29 is 19.4 Å². The van der Waals surface area contributed by atoms with E-state index in [1.54, 1.807) is 56.3 Å². The summed E-state index contributed by atoms with van der Waals surface area (Å²) in [6, 6.07) is 11.1. The second kappa shape index (κ2) is 6.74. The number of amides is 1. The molecule has 26 heavy (non-hydrogen) atoms. The van der Waals surface area contributed by atoms with Crippen LogP contribution in [0.2, 0.25) is 5.02 Å². The standard InChI is InChI=1S/C20H20ClNO4/c1-11(23)12-8-6-9-14-16(18(24)20(2,3)26-17(12)14)22-19(25)13-7-4-5-10-15(13)21/h4-10,16,18,24H,1-3H3,(H,22,25)/t16-,18+/m0/s1. The Morgan fingerprint density at radius 2 is 1.77 bits per heavy atom. The topological polar surface area (TPSA) is 75.6 Å². The fraction of sp³-hybridized carbons (Fsp3) is 0.300. The van der Waals surface area contributed by atoms with E-state index in [1.807, 2.05) is 0 Å². The lowest BCUT2D eigenvalue weighted by molar-refractivity contribution is -0.0630. The van der Waals surface area contributed by atoms with Crippen LogP contribution < -0.4 is 10.1 Å². The SMILES string of the molecule is CC(=O)c1cccc2c1OC(C)(C)[C@H](O)[C@H]2NC(=O)c1ccccc1Cl. The van der Waals surface area contributed by atoms with Crippen molar-refractivity contribution in [3.05, 3.63) is 64.2 Å². The van der Waals surface area contributed by atoms with Crippen molar-refractivity contribution in [1.82, 2.24) is 5.32 Å². The molecule has 0 saturated heterocycles. The molecule has 0 aromatic heterocycles. The maximum Gasteiger partial charge on any atom is 0.253 e. The summed E-state index contributed by atoms with van der Waals surface area (Å²) >= 11 is 6.10. The Hall–Kier alpha value is -2.37. The number of hydrogen-bond donors (Lipinski definition) is 2. The Labute approximate surface area is 156 Å². The maximum absolute atomic E-state index is 12.7. The number of carbonyl (C=O) groups excluding carboxylic acids is 2. The van der Waals surface area contributed by atoms with Gasteiger partial charge >= 0.3 is 0 Å². The van der Waals surface area contributed by atoms with Gasteiger partial charge in [0.25, 0.3) is 5.91 Å². The second-order valence-corrected chi connectivity index (χ2v) is 7.27. The highest BCUT2D eigenvalue weighted by molar-refractivity contribution is 6.33. The number of fused-ring (bicyclic) bond motifs is 1. The van der Waals surface area contributed by atoms with Gasteiger partial charge in [-0.05, 0) is 39.0 Å². The van der Waals surface area contributed by atoms with Crippen LogP contribution in [-0.4, -0.2) is 28.5 Å². The van der Waals surface area contributed by atoms with Crippen molar-refractivity contribution in [2.24, 2.45) is 0 Å². The van der Waals surface area contributed by atoms with Crippen molar-refractivity contribution >= 4 is 23.3 Å². The van der Waals surface area contributed by atoms with Crippen LogP contribution in [-0.2, 0) is 0 Å². The minimum absolute atomic E-state index is 0.148. The van der Waals surface area contributed by atoms with E-state index in [4.69, 9.17) is 16.3 Å². The lowest BCUT2D eigenvalue weighted by Gasteiger charge is -2.42. The Morgan fingerprint density at radius 3 is 2.42 bits per heavy atom. The molecule has 2 aromatic rings. The highest BCUT2D eigenvalue weighted by Crippen LogP contribution is 2.42. The molecule has 0 spiro atoms. The van der Waals surface area contributed by atoms with Crippen LogP contribution >= 0.6 is 11.6 Å². The summed E-state index contributed by atoms with van der Waals surface area (Å²) in [4.78, 5) is 24.7. The van der Waals surface area contributed by atoms with Crippen molar-refractivity contribution in [3.8, 4) is 5.75 Å². The van der Waals surface area contributed by atoms with Crippen LogP contribution in [0, 0.1) is 0 Å². The number of benzene rings is 2.